The summed E-state index contributed by atoms with van der Waals surface area (Å²) in [6.45, 7) is 8.15. The van der Waals surface area contributed by atoms with Crippen molar-refractivity contribution in [1.29, 1.82) is 0 Å². The van der Waals surface area contributed by atoms with Crippen LogP contribution in [-0.4, -0.2) is 66.0 Å². The Morgan fingerprint density at radius 2 is 1.44 bits per heavy atom. The normalized spacial score (nSPS) is 23.7. The average Bonchev–Trinajstić information content (AvgIpc) is 3.21. The van der Waals surface area contributed by atoms with Gasteiger partial charge in [-0.2, -0.15) is 0 Å². The molecule has 7 nitrogen and oxygen atoms in total. The van der Waals surface area contributed by atoms with Crippen molar-refractivity contribution in [3.8, 4) is 0 Å². The summed E-state index contributed by atoms with van der Waals surface area (Å²) in [6, 6.07) is 8.07. The molecule has 3 amide bonds. The summed E-state index contributed by atoms with van der Waals surface area (Å²) < 4.78 is 5.46. The van der Waals surface area contributed by atoms with Gasteiger partial charge in [-0.15, -0.1) is 0 Å². The van der Waals surface area contributed by atoms with Crippen LogP contribution >= 0.6 is 0 Å². The van der Waals surface area contributed by atoms with Crippen LogP contribution in [0.1, 0.15) is 52.0 Å². The Kier molecular flexibility index (Phi) is 6.45. The molecule has 4 rings (SSSR count). The fourth-order valence-electron chi connectivity index (χ4n) is 5.16. The van der Waals surface area contributed by atoms with Gasteiger partial charge in [0.25, 0.3) is 0 Å². The van der Waals surface area contributed by atoms with Crippen molar-refractivity contribution in [2.24, 2.45) is 11.8 Å². The van der Waals surface area contributed by atoms with E-state index in [1.54, 1.807) is 4.90 Å². The van der Waals surface area contributed by atoms with Crippen LogP contribution in [0.4, 0.5) is 10.5 Å². The lowest BCUT2D eigenvalue weighted by atomic mass is 9.77. The lowest BCUT2D eigenvalue weighted by molar-refractivity contribution is -0.144. The van der Waals surface area contributed by atoms with Crippen molar-refractivity contribution < 1.29 is 19.1 Å². The van der Waals surface area contributed by atoms with Gasteiger partial charge in [-0.1, -0.05) is 31.0 Å². The first-order valence-electron chi connectivity index (χ1n) is 11.9. The molecule has 1 saturated heterocycles. The van der Waals surface area contributed by atoms with E-state index in [2.05, 4.69) is 6.07 Å². The van der Waals surface area contributed by atoms with Gasteiger partial charge in [-0.3, -0.25) is 9.59 Å². The summed E-state index contributed by atoms with van der Waals surface area (Å²) in [5.74, 6) is -0.358. The van der Waals surface area contributed by atoms with E-state index in [0.29, 0.717) is 32.7 Å². The van der Waals surface area contributed by atoms with E-state index >= 15 is 0 Å². The number of ether oxygens (including phenoxy) is 1. The van der Waals surface area contributed by atoms with Crippen molar-refractivity contribution in [2.75, 3.05) is 37.6 Å². The Bertz CT molecular complexity index is 870. The maximum atomic E-state index is 13.5. The minimum Gasteiger partial charge on any atom is -0.444 e. The van der Waals surface area contributed by atoms with Gasteiger partial charge in [-0.25, -0.2) is 4.79 Å². The van der Waals surface area contributed by atoms with Crippen LogP contribution in [0.5, 0.6) is 0 Å². The van der Waals surface area contributed by atoms with Crippen LogP contribution in [0.2, 0.25) is 0 Å². The first kappa shape index (κ1) is 22.6. The molecule has 0 radical (unpaired) electrons. The average molecular weight is 442 g/mol. The third-order valence-electron chi connectivity index (χ3n) is 6.80. The van der Waals surface area contributed by atoms with Gasteiger partial charge in [0.2, 0.25) is 11.8 Å². The van der Waals surface area contributed by atoms with Crippen molar-refractivity contribution in [3.63, 3.8) is 0 Å². The predicted molar refractivity (Wildman–Crippen MR) is 122 cm³/mol. The number of hydrogen-bond acceptors (Lipinski definition) is 4. The largest absolute Gasteiger partial charge is 0.444 e. The first-order valence-corrected chi connectivity index (χ1v) is 11.9. The molecule has 1 saturated carbocycles. The van der Waals surface area contributed by atoms with Crippen LogP contribution in [0, 0.1) is 11.8 Å². The standard InChI is InChI=1S/C25H35N3O4/c1-25(2,3)32-24(31)27-16-14-26(15-17-27)22(29)19-9-5-6-10-20(19)23(30)28-13-12-18-8-4-7-11-21(18)28/h4,7-8,11,19-20H,5-6,9-10,12-17H2,1-3H3/t19-,20+/m1/s1. The van der Waals surface area contributed by atoms with Gasteiger partial charge < -0.3 is 19.4 Å². The molecule has 2 atom stereocenters. The first-order chi connectivity index (χ1) is 15.2. The van der Waals surface area contributed by atoms with E-state index in [1.165, 1.54) is 5.56 Å². The molecule has 7 heteroatoms. The van der Waals surface area contributed by atoms with Gasteiger partial charge >= 0.3 is 6.09 Å². The molecule has 0 N–H and O–H groups in total. The molecule has 0 unspecified atom stereocenters. The zero-order valence-corrected chi connectivity index (χ0v) is 19.5. The summed E-state index contributed by atoms with van der Waals surface area (Å²) in [5.41, 5.74) is 1.67. The zero-order valence-electron chi connectivity index (χ0n) is 19.5. The van der Waals surface area contributed by atoms with Gasteiger partial charge in [-0.05, 0) is 51.7 Å². The highest BCUT2D eigenvalue weighted by molar-refractivity contribution is 5.99. The topological polar surface area (TPSA) is 70.2 Å². The smallest absolute Gasteiger partial charge is 0.410 e. The van der Waals surface area contributed by atoms with Crippen molar-refractivity contribution in [1.82, 2.24) is 9.80 Å². The molecule has 174 valence electrons. The highest BCUT2D eigenvalue weighted by Crippen LogP contribution is 2.36. The van der Waals surface area contributed by atoms with Crippen molar-refractivity contribution in [2.45, 2.75) is 58.5 Å². The Morgan fingerprint density at radius 1 is 0.844 bits per heavy atom. The fraction of sp³-hybridized carbons (Fsp3) is 0.640. The molecule has 1 aromatic carbocycles. The molecule has 0 aromatic heterocycles. The maximum Gasteiger partial charge on any atom is 0.410 e. The quantitative estimate of drug-likeness (QED) is 0.705. The second-order valence-corrected chi connectivity index (χ2v) is 10.2. The molecule has 2 fully saturated rings. The number of rotatable bonds is 2. The van der Waals surface area contributed by atoms with Gasteiger partial charge in [0.1, 0.15) is 5.60 Å². The van der Waals surface area contributed by atoms with Crippen LogP contribution in [0.25, 0.3) is 0 Å². The third kappa shape index (κ3) is 4.76. The Morgan fingerprint density at radius 3 is 2.09 bits per heavy atom. The number of para-hydroxylation sites is 1. The number of amides is 3. The van der Waals surface area contributed by atoms with Crippen LogP contribution in [0.3, 0.4) is 0 Å². The SMILES string of the molecule is CC(C)(C)OC(=O)N1CCN(C(=O)[C@@H]2CCCC[C@@H]2C(=O)N2CCc3ccccc32)CC1. The Hall–Kier alpha value is -2.57. The summed E-state index contributed by atoms with van der Waals surface area (Å²) in [4.78, 5) is 44.7. The third-order valence-corrected chi connectivity index (χ3v) is 6.80. The molecular weight excluding hydrogens is 406 g/mol. The highest BCUT2D eigenvalue weighted by atomic mass is 16.6. The van der Waals surface area contributed by atoms with E-state index in [0.717, 1.165) is 37.8 Å². The van der Waals surface area contributed by atoms with Gasteiger partial charge in [0.05, 0.1) is 5.92 Å². The second kappa shape index (κ2) is 9.12. The van der Waals surface area contributed by atoms with Crippen LogP contribution in [-0.2, 0) is 20.7 Å². The van der Waals surface area contributed by atoms with E-state index < -0.39 is 5.60 Å². The second-order valence-electron chi connectivity index (χ2n) is 10.2. The van der Waals surface area contributed by atoms with E-state index in [-0.39, 0.29) is 29.7 Å². The van der Waals surface area contributed by atoms with Crippen LogP contribution < -0.4 is 4.90 Å². The molecule has 2 heterocycles. The number of nitrogens with zero attached hydrogens (tertiary/aromatic N) is 3. The van der Waals surface area contributed by atoms with Gasteiger partial charge in [0, 0.05) is 44.3 Å². The lowest BCUT2D eigenvalue weighted by Crippen LogP contribution is -2.54. The lowest BCUT2D eigenvalue weighted by Gasteiger charge is -2.39. The fourth-order valence-corrected chi connectivity index (χ4v) is 5.16. The summed E-state index contributed by atoms with van der Waals surface area (Å²) in [6.07, 6.45) is 4.04. The molecule has 1 aromatic rings. The van der Waals surface area contributed by atoms with Crippen molar-refractivity contribution >= 4 is 23.6 Å². The minimum absolute atomic E-state index is 0.0689. The number of benzene rings is 1. The minimum atomic E-state index is -0.534. The molecule has 0 bridgehead atoms. The summed E-state index contributed by atoms with van der Waals surface area (Å²) in [7, 11) is 0. The van der Waals surface area contributed by atoms with Crippen molar-refractivity contribution in [3.05, 3.63) is 29.8 Å². The van der Waals surface area contributed by atoms with Gasteiger partial charge in [0.15, 0.2) is 0 Å². The number of fused-ring (bicyclic) bond motifs is 1. The number of carbonyl (C=O) groups is 3. The van der Waals surface area contributed by atoms with E-state index in [4.69, 9.17) is 4.74 Å². The van der Waals surface area contributed by atoms with Crippen LogP contribution in [0.15, 0.2) is 24.3 Å². The summed E-state index contributed by atoms with van der Waals surface area (Å²) >= 11 is 0. The summed E-state index contributed by atoms with van der Waals surface area (Å²) in [5, 5.41) is 0. The monoisotopic (exact) mass is 441 g/mol. The highest BCUT2D eigenvalue weighted by Gasteiger charge is 2.41. The van der Waals surface area contributed by atoms with E-state index in [9.17, 15) is 14.4 Å². The number of carbonyl (C=O) groups excluding carboxylic acids is 3. The number of anilines is 1. The molecule has 0 spiro atoms. The predicted octanol–water partition coefficient (Wildman–Crippen LogP) is 3.46. The zero-order chi connectivity index (χ0) is 22.9. The molecule has 32 heavy (non-hydrogen) atoms. The number of hydrogen-bond donors (Lipinski definition) is 0. The molecule has 3 aliphatic rings. The maximum absolute atomic E-state index is 13.5. The molecular formula is C25H35N3O4. The Labute approximate surface area is 190 Å². The van der Waals surface area contributed by atoms with E-state index in [1.807, 2.05) is 48.8 Å². The number of piperazine rings is 1. The molecule has 2 aliphatic heterocycles. The Balaban J connectivity index is 1.40. The molecule has 1 aliphatic carbocycles.